The summed E-state index contributed by atoms with van der Waals surface area (Å²) in [6.07, 6.45) is 1.43. The smallest absolute Gasteiger partial charge is 0.335 e. The Balaban J connectivity index is 1.95. The van der Waals surface area contributed by atoms with Crippen LogP contribution in [0.5, 0.6) is 11.5 Å². The molecule has 0 bridgehead atoms. The zero-order valence-electron chi connectivity index (χ0n) is 16.6. The molecule has 2 aromatic rings. The first-order valence-electron chi connectivity index (χ1n) is 9.38. The standard InChI is InChI=1S/C22H21BrN2O5/c1-3-29-19-13-15(6-9-18(19)30-11-10-23)12-17-20(26)24-22(28)25(21(17)27)16-7-4-14(2)5-8-16/h4-9,12-13H,3,10-11H2,1-2H3,(H,24,26,28)/b17-12-. The van der Waals surface area contributed by atoms with Gasteiger partial charge in [0.2, 0.25) is 0 Å². The van der Waals surface area contributed by atoms with E-state index in [0.717, 1.165) is 10.5 Å². The van der Waals surface area contributed by atoms with Gasteiger partial charge in [-0.2, -0.15) is 0 Å². The van der Waals surface area contributed by atoms with E-state index in [0.29, 0.717) is 41.3 Å². The van der Waals surface area contributed by atoms with Crippen LogP contribution in [0.2, 0.25) is 0 Å². The van der Waals surface area contributed by atoms with E-state index in [9.17, 15) is 14.4 Å². The molecule has 1 aliphatic heterocycles. The number of ether oxygens (including phenoxy) is 2. The molecule has 156 valence electrons. The first-order chi connectivity index (χ1) is 14.4. The zero-order chi connectivity index (χ0) is 21.7. The van der Waals surface area contributed by atoms with Gasteiger partial charge in [0.1, 0.15) is 5.57 Å². The van der Waals surface area contributed by atoms with Crippen molar-refractivity contribution in [2.45, 2.75) is 13.8 Å². The predicted molar refractivity (Wildman–Crippen MR) is 117 cm³/mol. The molecular weight excluding hydrogens is 452 g/mol. The molecule has 4 amide bonds. The highest BCUT2D eigenvalue weighted by atomic mass is 79.9. The fourth-order valence-electron chi connectivity index (χ4n) is 2.90. The molecule has 1 fully saturated rings. The number of urea groups is 1. The molecule has 0 unspecified atom stereocenters. The minimum atomic E-state index is -0.778. The number of imide groups is 2. The average molecular weight is 473 g/mol. The Labute approximate surface area is 182 Å². The molecule has 8 heteroatoms. The van der Waals surface area contributed by atoms with Crippen molar-refractivity contribution < 1.29 is 23.9 Å². The fraction of sp³-hybridized carbons (Fsp3) is 0.227. The molecule has 0 aromatic heterocycles. The second-order valence-corrected chi connectivity index (χ2v) is 7.26. The maximum atomic E-state index is 13.0. The average Bonchev–Trinajstić information content (AvgIpc) is 2.72. The van der Waals surface area contributed by atoms with E-state index in [-0.39, 0.29) is 5.57 Å². The lowest BCUT2D eigenvalue weighted by atomic mass is 10.1. The highest BCUT2D eigenvalue weighted by Gasteiger charge is 2.36. The van der Waals surface area contributed by atoms with Crippen LogP contribution >= 0.6 is 15.9 Å². The summed E-state index contributed by atoms with van der Waals surface area (Å²) in [6, 6.07) is 11.2. The molecule has 0 saturated carbocycles. The van der Waals surface area contributed by atoms with E-state index in [1.54, 1.807) is 42.5 Å². The van der Waals surface area contributed by atoms with Crippen LogP contribution in [0.1, 0.15) is 18.1 Å². The van der Waals surface area contributed by atoms with Crippen molar-refractivity contribution in [3.05, 3.63) is 59.2 Å². The SMILES string of the molecule is CCOc1cc(/C=C2/C(=O)NC(=O)N(c3ccc(C)cc3)C2=O)ccc1OCCBr. The van der Waals surface area contributed by atoms with Crippen LogP contribution in [0.4, 0.5) is 10.5 Å². The Morgan fingerprint density at radius 3 is 2.43 bits per heavy atom. The number of benzene rings is 2. The van der Waals surface area contributed by atoms with Gasteiger partial charge in [0.15, 0.2) is 11.5 Å². The van der Waals surface area contributed by atoms with Crippen molar-refractivity contribution in [1.29, 1.82) is 0 Å². The van der Waals surface area contributed by atoms with Crippen LogP contribution in [0, 0.1) is 6.92 Å². The molecule has 0 radical (unpaired) electrons. The van der Waals surface area contributed by atoms with Crippen molar-refractivity contribution >= 4 is 45.5 Å². The Morgan fingerprint density at radius 2 is 1.77 bits per heavy atom. The summed E-state index contributed by atoms with van der Waals surface area (Å²) >= 11 is 3.31. The van der Waals surface area contributed by atoms with Gasteiger partial charge in [-0.15, -0.1) is 0 Å². The Bertz CT molecular complexity index is 1000. The third kappa shape index (κ3) is 4.71. The van der Waals surface area contributed by atoms with Crippen LogP contribution in [0.25, 0.3) is 6.08 Å². The quantitative estimate of drug-likeness (QED) is 0.376. The molecule has 1 saturated heterocycles. The number of rotatable bonds is 7. The van der Waals surface area contributed by atoms with Crippen molar-refractivity contribution in [3.8, 4) is 11.5 Å². The summed E-state index contributed by atoms with van der Waals surface area (Å²) in [4.78, 5) is 38.6. The number of barbiturate groups is 1. The summed E-state index contributed by atoms with van der Waals surface area (Å²) < 4.78 is 11.2. The zero-order valence-corrected chi connectivity index (χ0v) is 18.2. The van der Waals surface area contributed by atoms with Crippen LogP contribution in [-0.4, -0.2) is 36.4 Å². The van der Waals surface area contributed by atoms with Gasteiger partial charge in [-0.25, -0.2) is 9.69 Å². The van der Waals surface area contributed by atoms with Gasteiger partial charge in [0.05, 0.1) is 18.9 Å². The Hall–Kier alpha value is -3.13. The molecule has 7 nitrogen and oxygen atoms in total. The van der Waals surface area contributed by atoms with Gasteiger partial charge in [-0.1, -0.05) is 39.7 Å². The fourth-order valence-corrected chi connectivity index (χ4v) is 3.06. The van der Waals surface area contributed by atoms with E-state index in [1.807, 2.05) is 13.8 Å². The number of carbonyl (C=O) groups excluding carboxylic acids is 3. The topological polar surface area (TPSA) is 84.9 Å². The van der Waals surface area contributed by atoms with Gasteiger partial charge in [-0.3, -0.25) is 14.9 Å². The number of carbonyl (C=O) groups is 3. The number of halogens is 1. The van der Waals surface area contributed by atoms with E-state index in [1.165, 1.54) is 6.08 Å². The van der Waals surface area contributed by atoms with Crippen molar-refractivity contribution in [2.75, 3.05) is 23.4 Å². The summed E-state index contributed by atoms with van der Waals surface area (Å²) in [6.45, 7) is 4.65. The summed E-state index contributed by atoms with van der Waals surface area (Å²) in [7, 11) is 0. The van der Waals surface area contributed by atoms with Crippen LogP contribution in [0.15, 0.2) is 48.0 Å². The lowest BCUT2D eigenvalue weighted by Gasteiger charge is -2.26. The molecule has 2 aromatic carbocycles. The highest BCUT2D eigenvalue weighted by Crippen LogP contribution is 2.30. The van der Waals surface area contributed by atoms with Crippen LogP contribution in [-0.2, 0) is 9.59 Å². The van der Waals surface area contributed by atoms with Crippen molar-refractivity contribution in [2.24, 2.45) is 0 Å². The lowest BCUT2D eigenvalue weighted by Crippen LogP contribution is -2.54. The molecule has 1 aliphatic rings. The summed E-state index contributed by atoms with van der Waals surface area (Å²) in [5.41, 5.74) is 1.80. The largest absolute Gasteiger partial charge is 0.490 e. The number of alkyl halides is 1. The van der Waals surface area contributed by atoms with Gasteiger partial charge >= 0.3 is 6.03 Å². The van der Waals surface area contributed by atoms with E-state index in [4.69, 9.17) is 9.47 Å². The second-order valence-electron chi connectivity index (χ2n) is 6.47. The maximum Gasteiger partial charge on any atom is 0.335 e. The van der Waals surface area contributed by atoms with E-state index in [2.05, 4.69) is 21.2 Å². The third-order valence-corrected chi connectivity index (χ3v) is 4.63. The molecule has 3 rings (SSSR count). The van der Waals surface area contributed by atoms with Gasteiger partial charge < -0.3 is 9.47 Å². The predicted octanol–water partition coefficient (Wildman–Crippen LogP) is 3.83. The van der Waals surface area contributed by atoms with Crippen LogP contribution < -0.4 is 19.7 Å². The van der Waals surface area contributed by atoms with Crippen molar-refractivity contribution in [1.82, 2.24) is 5.32 Å². The second kappa shape index (κ2) is 9.58. The number of amides is 4. The minimum absolute atomic E-state index is 0.147. The summed E-state index contributed by atoms with van der Waals surface area (Å²) in [5, 5.41) is 2.89. The van der Waals surface area contributed by atoms with Crippen molar-refractivity contribution in [3.63, 3.8) is 0 Å². The number of nitrogens with one attached hydrogen (secondary N) is 1. The third-order valence-electron chi connectivity index (χ3n) is 4.31. The maximum absolute atomic E-state index is 13.0. The number of hydrogen-bond donors (Lipinski definition) is 1. The van der Waals surface area contributed by atoms with E-state index < -0.39 is 17.8 Å². The first kappa shape index (κ1) is 21.6. The van der Waals surface area contributed by atoms with E-state index >= 15 is 0 Å². The number of nitrogens with zero attached hydrogens (tertiary/aromatic N) is 1. The first-order valence-corrected chi connectivity index (χ1v) is 10.5. The number of aryl methyl sites for hydroxylation is 1. The molecule has 0 atom stereocenters. The summed E-state index contributed by atoms with van der Waals surface area (Å²) in [5.74, 6) is -0.367. The monoisotopic (exact) mass is 472 g/mol. The minimum Gasteiger partial charge on any atom is -0.490 e. The molecule has 1 N–H and O–H groups in total. The number of hydrogen-bond acceptors (Lipinski definition) is 5. The molecule has 0 spiro atoms. The Morgan fingerprint density at radius 1 is 1.03 bits per heavy atom. The molecular formula is C22H21BrN2O5. The molecule has 1 heterocycles. The van der Waals surface area contributed by atoms with Gasteiger partial charge in [0.25, 0.3) is 11.8 Å². The highest BCUT2D eigenvalue weighted by molar-refractivity contribution is 9.09. The molecule has 0 aliphatic carbocycles. The normalized spacial score (nSPS) is 15.4. The van der Waals surface area contributed by atoms with Gasteiger partial charge in [-0.05, 0) is 49.8 Å². The Kier molecular flexibility index (Phi) is 6.89. The van der Waals surface area contributed by atoms with Gasteiger partial charge in [0, 0.05) is 5.33 Å². The number of anilines is 1. The lowest BCUT2D eigenvalue weighted by molar-refractivity contribution is -0.122. The molecule has 30 heavy (non-hydrogen) atoms. The van der Waals surface area contributed by atoms with Crippen LogP contribution in [0.3, 0.4) is 0 Å².